The van der Waals surface area contributed by atoms with Crippen LogP contribution in [0.5, 0.6) is 0 Å². The van der Waals surface area contributed by atoms with Crippen LogP contribution in [0.2, 0.25) is 0 Å². The Morgan fingerprint density at radius 2 is 1.97 bits per heavy atom. The van der Waals surface area contributed by atoms with E-state index in [4.69, 9.17) is 14.3 Å². The van der Waals surface area contributed by atoms with Crippen LogP contribution in [0.4, 0.5) is 5.13 Å². The van der Waals surface area contributed by atoms with E-state index in [1.807, 2.05) is 13.8 Å². The number of anilines is 1. The Morgan fingerprint density at radius 1 is 1.26 bits per heavy atom. The number of carbonyl (C=O) groups excluding carboxylic acids is 5. The first-order chi connectivity index (χ1) is 18.0. The number of halogens is 1. The first-order valence-electron chi connectivity index (χ1n) is 11.5. The van der Waals surface area contributed by atoms with E-state index in [0.29, 0.717) is 5.75 Å². The second-order valence-electron chi connectivity index (χ2n) is 8.69. The highest BCUT2D eigenvalue weighted by molar-refractivity contribution is 8.00. The normalized spacial score (nSPS) is 19.0. The van der Waals surface area contributed by atoms with Crippen molar-refractivity contribution in [1.29, 1.82) is 0 Å². The molecular weight excluding hydrogens is 576 g/mol. The van der Waals surface area contributed by atoms with Gasteiger partial charge >= 0.3 is 11.9 Å². The molecule has 0 aromatic carbocycles. The second kappa shape index (κ2) is 14.3. The van der Waals surface area contributed by atoms with Gasteiger partial charge in [-0.3, -0.25) is 29.4 Å². The van der Waals surface area contributed by atoms with Crippen LogP contribution in [0, 0.1) is 5.92 Å². The molecule has 5 N–H and O–H groups in total. The van der Waals surface area contributed by atoms with E-state index >= 15 is 0 Å². The number of oxime groups is 1. The van der Waals surface area contributed by atoms with Gasteiger partial charge in [0.1, 0.15) is 29.9 Å². The quantitative estimate of drug-likeness (QED) is 0.0748. The minimum absolute atomic E-state index is 0. The molecule has 3 atom stereocenters. The third kappa shape index (κ3) is 7.90. The molecule has 17 heteroatoms. The molecular formula is C22H29ClN6O8S2. The first kappa shape index (κ1) is 32.0. The van der Waals surface area contributed by atoms with Crippen molar-refractivity contribution in [1.82, 2.24) is 15.2 Å². The summed E-state index contributed by atoms with van der Waals surface area (Å²) in [6, 6.07) is -1.45. The van der Waals surface area contributed by atoms with E-state index in [1.165, 1.54) is 35.2 Å². The number of quaternary nitrogens is 1. The molecule has 2 aliphatic heterocycles. The van der Waals surface area contributed by atoms with Crippen LogP contribution in [0.1, 0.15) is 32.9 Å². The first-order valence-corrected chi connectivity index (χ1v) is 13.5. The number of amides is 3. The highest BCUT2D eigenvalue weighted by atomic mass is 35.5. The predicted octanol–water partition coefficient (Wildman–Crippen LogP) is -3.56. The van der Waals surface area contributed by atoms with Crippen LogP contribution in [-0.4, -0.2) is 82.4 Å². The number of nitrogens with zero attached hydrogens (tertiary/aromatic N) is 3. The molecule has 214 valence electrons. The number of carbonyl (C=O) groups is 5. The van der Waals surface area contributed by atoms with E-state index in [9.17, 15) is 24.0 Å². The van der Waals surface area contributed by atoms with Gasteiger partial charge in [-0.15, -0.1) is 23.1 Å². The lowest BCUT2D eigenvalue weighted by atomic mass is 10.0. The highest BCUT2D eigenvalue weighted by Crippen LogP contribution is 2.37. The summed E-state index contributed by atoms with van der Waals surface area (Å²) in [4.78, 5) is 72.1. The van der Waals surface area contributed by atoms with Gasteiger partial charge < -0.3 is 37.8 Å². The Balaban J connectivity index is 0.00000533. The van der Waals surface area contributed by atoms with E-state index in [0.717, 1.165) is 11.3 Å². The Bertz CT molecular complexity index is 1170. The SMILES string of the molecule is CO/N=C(\C(=O)N[C@@H]1C(=O)N2C(C(=O)OCOC(=O)CC(C)C)=CCS[C@H]12)c1csc(NC(=O)[C@H](C)[NH3+])n1.[Cl-]. The molecule has 0 aliphatic carbocycles. The lowest BCUT2D eigenvalue weighted by molar-refractivity contribution is -0.396. The van der Waals surface area contributed by atoms with E-state index < -0.39 is 48.0 Å². The molecule has 14 nitrogen and oxygen atoms in total. The number of fused-ring (bicyclic) bond motifs is 1. The molecule has 1 fully saturated rings. The third-order valence-corrected chi connectivity index (χ3v) is 7.09. The van der Waals surface area contributed by atoms with Gasteiger partial charge in [-0.2, -0.15) is 0 Å². The van der Waals surface area contributed by atoms with Crippen molar-refractivity contribution in [2.45, 2.75) is 44.6 Å². The Kier molecular flexibility index (Phi) is 11.7. The summed E-state index contributed by atoms with van der Waals surface area (Å²) < 4.78 is 9.90. The number of β-lactam (4-membered cyclic amide) rings is 1. The van der Waals surface area contributed by atoms with Crippen molar-refractivity contribution in [3.05, 3.63) is 22.8 Å². The highest BCUT2D eigenvalue weighted by Gasteiger charge is 2.53. The van der Waals surface area contributed by atoms with Crippen molar-refractivity contribution in [3.8, 4) is 0 Å². The van der Waals surface area contributed by atoms with Crippen LogP contribution in [0.3, 0.4) is 0 Å². The van der Waals surface area contributed by atoms with Crippen LogP contribution in [0.25, 0.3) is 0 Å². The molecule has 3 rings (SSSR count). The summed E-state index contributed by atoms with van der Waals surface area (Å²) in [5.41, 5.74) is 3.58. The molecule has 0 saturated carbocycles. The lowest BCUT2D eigenvalue weighted by Crippen LogP contribution is -3.00. The fourth-order valence-electron chi connectivity index (χ4n) is 3.32. The van der Waals surface area contributed by atoms with Crippen LogP contribution in [0.15, 0.2) is 22.3 Å². The molecule has 3 amide bonds. The summed E-state index contributed by atoms with van der Waals surface area (Å²) in [5, 5.41) is 10.1. The number of ether oxygens (including phenoxy) is 2. The summed E-state index contributed by atoms with van der Waals surface area (Å²) in [5.74, 6) is -2.43. The molecule has 2 aliphatic rings. The fraction of sp³-hybridized carbons (Fsp3) is 0.500. The number of hydrogen-bond donors (Lipinski definition) is 3. The molecule has 1 saturated heterocycles. The van der Waals surface area contributed by atoms with Gasteiger partial charge in [0.2, 0.25) is 6.79 Å². The Hall–Kier alpha value is -3.21. The summed E-state index contributed by atoms with van der Waals surface area (Å²) in [7, 11) is 1.25. The maximum absolute atomic E-state index is 13.0. The van der Waals surface area contributed by atoms with E-state index in [2.05, 4.69) is 26.5 Å². The number of thioether (sulfide) groups is 1. The van der Waals surface area contributed by atoms with Gasteiger partial charge in [-0.1, -0.05) is 19.0 Å². The van der Waals surface area contributed by atoms with Crippen LogP contribution >= 0.6 is 23.1 Å². The van der Waals surface area contributed by atoms with Crippen LogP contribution in [-0.2, 0) is 38.3 Å². The average molecular weight is 605 g/mol. The van der Waals surface area contributed by atoms with E-state index in [-0.39, 0.29) is 52.9 Å². The Morgan fingerprint density at radius 3 is 2.62 bits per heavy atom. The number of aromatic nitrogens is 1. The number of hydrogen-bond acceptors (Lipinski definition) is 12. The number of thiazole rings is 1. The standard InChI is InChI=1S/C22H28N6O8S2.ClH/c1-10(2)7-14(29)35-9-36-21(33)13-5-6-37-20-16(19(32)28(13)20)25-18(31)15(27-34-4)12-8-38-22(24-12)26-17(30)11(3)23;/h5,8,10-11,16,20H,6-7,9,23H2,1-4H3,(H,25,31)(H,24,26,30);1H/b27-15-;/t11-,16+,20+;/m0./s1. The fourth-order valence-corrected chi connectivity index (χ4v) is 5.21. The van der Waals surface area contributed by atoms with Crippen molar-refractivity contribution in [3.63, 3.8) is 0 Å². The van der Waals surface area contributed by atoms with Crippen molar-refractivity contribution < 1.29 is 56.4 Å². The van der Waals surface area contributed by atoms with Gasteiger partial charge in [-0.05, 0) is 18.9 Å². The van der Waals surface area contributed by atoms with Gasteiger partial charge in [0.05, 0.1) is 0 Å². The predicted molar refractivity (Wildman–Crippen MR) is 136 cm³/mol. The molecule has 0 bridgehead atoms. The zero-order valence-corrected chi connectivity index (χ0v) is 24.0. The zero-order valence-electron chi connectivity index (χ0n) is 21.6. The van der Waals surface area contributed by atoms with Crippen molar-refractivity contribution >= 4 is 63.6 Å². The van der Waals surface area contributed by atoms with Gasteiger partial charge in [0.25, 0.3) is 17.7 Å². The monoisotopic (exact) mass is 604 g/mol. The lowest BCUT2D eigenvalue weighted by Gasteiger charge is -2.48. The smallest absolute Gasteiger partial charge is 0.357 e. The van der Waals surface area contributed by atoms with E-state index in [1.54, 1.807) is 6.92 Å². The topological polar surface area (TPSA) is 193 Å². The third-order valence-electron chi connectivity index (χ3n) is 5.15. The maximum atomic E-state index is 13.0. The summed E-state index contributed by atoms with van der Waals surface area (Å²) in [6.45, 7) is 4.76. The van der Waals surface area contributed by atoms with Gasteiger partial charge in [0.15, 0.2) is 16.9 Å². The minimum atomic E-state index is -0.945. The summed E-state index contributed by atoms with van der Waals surface area (Å²) in [6.07, 6.45) is 1.72. The number of rotatable bonds is 11. The van der Waals surface area contributed by atoms with Crippen molar-refractivity contribution in [2.75, 3.05) is 25.0 Å². The summed E-state index contributed by atoms with van der Waals surface area (Å²) >= 11 is 2.42. The molecule has 3 heterocycles. The molecule has 1 aromatic rings. The molecule has 1 aromatic heterocycles. The number of nitrogens with one attached hydrogen (secondary N) is 2. The zero-order chi connectivity index (χ0) is 28.0. The number of esters is 2. The molecule has 0 spiro atoms. The molecule has 0 radical (unpaired) electrons. The largest absolute Gasteiger partial charge is 1.00 e. The average Bonchev–Trinajstić information content (AvgIpc) is 3.32. The van der Waals surface area contributed by atoms with Crippen molar-refractivity contribution in [2.24, 2.45) is 11.1 Å². The van der Waals surface area contributed by atoms with Gasteiger partial charge in [-0.25, -0.2) is 9.78 Å². The molecule has 39 heavy (non-hydrogen) atoms. The maximum Gasteiger partial charge on any atom is 0.357 e. The Labute approximate surface area is 238 Å². The minimum Gasteiger partial charge on any atom is -1.00 e. The van der Waals surface area contributed by atoms with Gasteiger partial charge in [0, 0.05) is 17.6 Å². The van der Waals surface area contributed by atoms with Crippen LogP contribution < -0.4 is 28.8 Å². The molecule has 0 unspecified atom stereocenters. The second-order valence-corrected chi connectivity index (χ2v) is 10.7.